The van der Waals surface area contributed by atoms with E-state index in [9.17, 15) is 4.79 Å². The molecule has 0 radical (unpaired) electrons. The number of carbonyl (C=O) groups excluding carboxylic acids is 1. The molecule has 116 valence electrons. The molecule has 0 saturated carbocycles. The topological polar surface area (TPSA) is 67.6 Å². The predicted molar refractivity (Wildman–Crippen MR) is 88.4 cm³/mol. The molecule has 0 heterocycles. The molecule has 0 aliphatic carbocycles. The molecule has 0 fully saturated rings. The second-order valence-corrected chi connectivity index (χ2v) is 5.44. The average molecular weight is 309 g/mol. The van der Waals surface area contributed by atoms with Crippen LogP contribution in [0.4, 0.5) is 0 Å². The molecule has 0 aliphatic heterocycles. The van der Waals surface area contributed by atoms with Gasteiger partial charge in [0.05, 0.1) is 19.6 Å². The summed E-state index contributed by atoms with van der Waals surface area (Å²) in [5.41, 5.74) is 7.26. The van der Waals surface area contributed by atoms with E-state index < -0.39 is 0 Å². The number of nitrogens with two attached hydrogens (primary N) is 1. The van der Waals surface area contributed by atoms with Gasteiger partial charge in [0, 0.05) is 18.7 Å². The summed E-state index contributed by atoms with van der Waals surface area (Å²) in [5, 5.41) is 2.83. The standard InChI is InChI=1S/C15H23N3O2S/c1-18(2)8-10-20-9-7-17-14(19)11-12-3-5-13(6-4-12)15(16)21/h3-6H,7-11H2,1-2H3,(H2,16,21)(H,17,19). The molecule has 5 nitrogen and oxygen atoms in total. The van der Waals surface area contributed by atoms with Gasteiger partial charge in [0.25, 0.3) is 0 Å². The number of thiocarbonyl (C=S) groups is 1. The lowest BCUT2D eigenvalue weighted by Gasteiger charge is -2.10. The number of carbonyl (C=O) groups is 1. The second kappa shape index (κ2) is 9.44. The van der Waals surface area contributed by atoms with Crippen molar-refractivity contribution in [3.05, 3.63) is 35.4 Å². The van der Waals surface area contributed by atoms with Crippen LogP contribution in [0.15, 0.2) is 24.3 Å². The number of ether oxygens (including phenoxy) is 1. The first-order valence-corrected chi connectivity index (χ1v) is 7.28. The lowest BCUT2D eigenvalue weighted by atomic mass is 10.1. The number of likely N-dealkylation sites (N-methyl/N-ethyl adjacent to an activating group) is 1. The van der Waals surface area contributed by atoms with Crippen molar-refractivity contribution in [2.24, 2.45) is 5.73 Å². The van der Waals surface area contributed by atoms with Crippen LogP contribution in [0, 0.1) is 0 Å². The minimum Gasteiger partial charge on any atom is -0.389 e. The van der Waals surface area contributed by atoms with Crippen molar-refractivity contribution < 1.29 is 9.53 Å². The third-order valence-electron chi connectivity index (χ3n) is 2.85. The average Bonchev–Trinajstić information content (AvgIpc) is 2.43. The molecule has 1 rings (SSSR count). The summed E-state index contributed by atoms with van der Waals surface area (Å²) < 4.78 is 5.40. The number of nitrogens with one attached hydrogen (secondary N) is 1. The number of amides is 1. The van der Waals surface area contributed by atoms with Crippen LogP contribution >= 0.6 is 12.2 Å². The first-order valence-electron chi connectivity index (χ1n) is 6.87. The van der Waals surface area contributed by atoms with E-state index in [1.165, 1.54) is 0 Å². The zero-order valence-corrected chi connectivity index (χ0v) is 13.4. The van der Waals surface area contributed by atoms with Crippen LogP contribution in [0.5, 0.6) is 0 Å². The number of nitrogens with zero attached hydrogens (tertiary/aromatic N) is 1. The summed E-state index contributed by atoms with van der Waals surface area (Å²) in [4.78, 5) is 14.2. The summed E-state index contributed by atoms with van der Waals surface area (Å²) in [7, 11) is 3.99. The van der Waals surface area contributed by atoms with Gasteiger partial charge < -0.3 is 20.7 Å². The quantitative estimate of drug-likeness (QED) is 0.515. The van der Waals surface area contributed by atoms with Crippen LogP contribution in [0.2, 0.25) is 0 Å². The minimum atomic E-state index is -0.0192. The lowest BCUT2D eigenvalue weighted by Crippen LogP contribution is -2.29. The van der Waals surface area contributed by atoms with E-state index in [-0.39, 0.29) is 5.91 Å². The Bertz CT molecular complexity index is 460. The van der Waals surface area contributed by atoms with Gasteiger partial charge in [-0.15, -0.1) is 0 Å². The van der Waals surface area contributed by atoms with E-state index in [2.05, 4.69) is 10.2 Å². The molecule has 3 N–H and O–H groups in total. The maximum absolute atomic E-state index is 11.7. The van der Waals surface area contributed by atoms with Gasteiger partial charge >= 0.3 is 0 Å². The van der Waals surface area contributed by atoms with Crippen molar-refractivity contribution in [1.29, 1.82) is 0 Å². The summed E-state index contributed by atoms with van der Waals surface area (Å²) >= 11 is 4.88. The first kappa shape index (κ1) is 17.6. The number of rotatable bonds is 9. The molecular weight excluding hydrogens is 286 g/mol. The van der Waals surface area contributed by atoms with E-state index in [4.69, 9.17) is 22.7 Å². The fraction of sp³-hybridized carbons (Fsp3) is 0.467. The number of benzene rings is 1. The van der Waals surface area contributed by atoms with Gasteiger partial charge in [-0.3, -0.25) is 4.79 Å². The normalized spacial score (nSPS) is 10.6. The Morgan fingerprint density at radius 1 is 1.29 bits per heavy atom. The SMILES string of the molecule is CN(C)CCOCCNC(=O)Cc1ccc(C(N)=S)cc1. The summed E-state index contributed by atoms with van der Waals surface area (Å²) in [5.74, 6) is -0.0192. The smallest absolute Gasteiger partial charge is 0.224 e. The molecule has 0 atom stereocenters. The van der Waals surface area contributed by atoms with Gasteiger partial charge in [0.15, 0.2) is 0 Å². The largest absolute Gasteiger partial charge is 0.389 e. The van der Waals surface area contributed by atoms with E-state index in [0.29, 0.717) is 31.2 Å². The molecule has 1 amide bonds. The Kier molecular flexibility index (Phi) is 7.89. The first-order chi connectivity index (χ1) is 9.99. The van der Waals surface area contributed by atoms with Crippen LogP contribution in [0.1, 0.15) is 11.1 Å². The minimum absolute atomic E-state index is 0.0192. The Labute approximate surface area is 131 Å². The van der Waals surface area contributed by atoms with E-state index in [0.717, 1.165) is 17.7 Å². The lowest BCUT2D eigenvalue weighted by molar-refractivity contribution is -0.120. The summed E-state index contributed by atoms with van der Waals surface area (Å²) in [6, 6.07) is 7.38. The maximum atomic E-state index is 11.7. The Balaban J connectivity index is 2.20. The van der Waals surface area contributed by atoms with Gasteiger partial charge in [-0.2, -0.15) is 0 Å². The van der Waals surface area contributed by atoms with Gasteiger partial charge in [-0.1, -0.05) is 36.5 Å². The monoisotopic (exact) mass is 309 g/mol. The molecule has 6 heteroatoms. The van der Waals surface area contributed by atoms with Crippen molar-refractivity contribution in [1.82, 2.24) is 10.2 Å². The zero-order valence-electron chi connectivity index (χ0n) is 12.6. The van der Waals surface area contributed by atoms with Crippen molar-refractivity contribution in [2.45, 2.75) is 6.42 Å². The van der Waals surface area contributed by atoms with E-state index in [1.54, 1.807) is 0 Å². The zero-order chi connectivity index (χ0) is 15.7. The summed E-state index contributed by atoms with van der Waals surface area (Å²) in [6.45, 7) is 2.60. The van der Waals surface area contributed by atoms with Crippen molar-refractivity contribution in [3.8, 4) is 0 Å². The molecule has 0 saturated heterocycles. The third kappa shape index (κ3) is 7.75. The molecule has 1 aromatic rings. The molecule has 0 spiro atoms. The van der Waals surface area contributed by atoms with Crippen LogP contribution < -0.4 is 11.1 Å². The molecule has 0 aliphatic rings. The van der Waals surface area contributed by atoms with Gasteiger partial charge in [0.2, 0.25) is 5.91 Å². The highest BCUT2D eigenvalue weighted by atomic mass is 32.1. The fourth-order valence-electron chi connectivity index (χ4n) is 1.65. The molecular formula is C15H23N3O2S. The fourth-order valence-corrected chi connectivity index (χ4v) is 1.78. The third-order valence-corrected chi connectivity index (χ3v) is 3.09. The highest BCUT2D eigenvalue weighted by Crippen LogP contribution is 2.05. The molecule has 0 unspecified atom stereocenters. The van der Waals surface area contributed by atoms with Gasteiger partial charge in [-0.05, 0) is 19.7 Å². The van der Waals surface area contributed by atoms with Crippen LogP contribution in [0.3, 0.4) is 0 Å². The number of hydrogen-bond donors (Lipinski definition) is 2. The van der Waals surface area contributed by atoms with Gasteiger partial charge in [-0.25, -0.2) is 0 Å². The van der Waals surface area contributed by atoms with Crippen LogP contribution in [-0.4, -0.2) is 56.2 Å². The Morgan fingerprint density at radius 2 is 1.95 bits per heavy atom. The number of hydrogen-bond acceptors (Lipinski definition) is 4. The Morgan fingerprint density at radius 3 is 2.52 bits per heavy atom. The molecule has 1 aromatic carbocycles. The van der Waals surface area contributed by atoms with Crippen molar-refractivity contribution >= 4 is 23.1 Å². The second-order valence-electron chi connectivity index (χ2n) is 5.00. The molecule has 0 bridgehead atoms. The van der Waals surface area contributed by atoms with Crippen molar-refractivity contribution in [2.75, 3.05) is 40.4 Å². The molecule has 0 aromatic heterocycles. The highest BCUT2D eigenvalue weighted by Gasteiger charge is 2.03. The van der Waals surface area contributed by atoms with Crippen molar-refractivity contribution in [3.63, 3.8) is 0 Å². The van der Waals surface area contributed by atoms with Crippen LogP contribution in [-0.2, 0) is 16.0 Å². The van der Waals surface area contributed by atoms with Gasteiger partial charge in [0.1, 0.15) is 4.99 Å². The highest BCUT2D eigenvalue weighted by molar-refractivity contribution is 7.80. The van der Waals surface area contributed by atoms with Crippen LogP contribution in [0.25, 0.3) is 0 Å². The maximum Gasteiger partial charge on any atom is 0.224 e. The Hall–Kier alpha value is -1.50. The van der Waals surface area contributed by atoms with E-state index >= 15 is 0 Å². The molecule has 21 heavy (non-hydrogen) atoms. The van der Waals surface area contributed by atoms with E-state index in [1.807, 2.05) is 38.4 Å². The predicted octanol–water partition coefficient (Wildman–Crippen LogP) is 0.558. The summed E-state index contributed by atoms with van der Waals surface area (Å²) in [6.07, 6.45) is 0.343.